The molecule has 0 saturated carbocycles. The standard InChI is InChI=1S/C22H21BrN2O4S/c1-2-29-22(28)20-15-5-3-4-6-18(15)30-21(20)24-19(27)11-25-10-13(12-26)16-9-14(23)7-8-17(16)25/h7-10,12H,2-6,11H2,1H3,(H,24,27). The molecule has 156 valence electrons. The van der Waals surface area contributed by atoms with Crippen molar-refractivity contribution >= 4 is 61.3 Å². The number of anilines is 1. The molecule has 0 saturated heterocycles. The molecular weight excluding hydrogens is 468 g/mol. The number of nitrogens with zero attached hydrogens (tertiary/aromatic N) is 1. The first-order chi connectivity index (χ1) is 14.5. The Bertz CT molecular complexity index is 1150. The first-order valence-corrected chi connectivity index (χ1v) is 11.5. The number of nitrogens with one attached hydrogen (secondary N) is 1. The van der Waals surface area contributed by atoms with Gasteiger partial charge in [0.2, 0.25) is 5.91 Å². The zero-order valence-electron chi connectivity index (χ0n) is 16.5. The van der Waals surface area contributed by atoms with Crippen molar-refractivity contribution in [3.05, 3.63) is 50.4 Å². The van der Waals surface area contributed by atoms with Gasteiger partial charge >= 0.3 is 5.97 Å². The summed E-state index contributed by atoms with van der Waals surface area (Å²) in [7, 11) is 0. The SMILES string of the molecule is CCOC(=O)c1c(NC(=O)Cn2cc(C=O)c3cc(Br)ccc32)sc2c1CCCC2. The van der Waals surface area contributed by atoms with Crippen LogP contribution in [0.3, 0.4) is 0 Å². The van der Waals surface area contributed by atoms with E-state index in [-0.39, 0.29) is 25.0 Å². The average molecular weight is 489 g/mol. The molecule has 1 amide bonds. The van der Waals surface area contributed by atoms with Crippen LogP contribution in [0.1, 0.15) is 50.9 Å². The summed E-state index contributed by atoms with van der Waals surface area (Å²) in [6.45, 7) is 2.10. The van der Waals surface area contributed by atoms with Gasteiger partial charge in [0, 0.05) is 32.0 Å². The first-order valence-electron chi connectivity index (χ1n) is 9.87. The van der Waals surface area contributed by atoms with Crippen LogP contribution in [-0.4, -0.2) is 29.3 Å². The van der Waals surface area contributed by atoms with Gasteiger partial charge in [-0.1, -0.05) is 15.9 Å². The summed E-state index contributed by atoms with van der Waals surface area (Å²) in [5.41, 5.74) is 2.84. The Morgan fingerprint density at radius 3 is 2.87 bits per heavy atom. The lowest BCUT2D eigenvalue weighted by Gasteiger charge is -2.12. The Morgan fingerprint density at radius 2 is 2.10 bits per heavy atom. The van der Waals surface area contributed by atoms with Gasteiger partial charge in [-0.3, -0.25) is 9.59 Å². The number of rotatable bonds is 6. The minimum atomic E-state index is -0.383. The number of aldehydes is 1. The van der Waals surface area contributed by atoms with E-state index < -0.39 is 0 Å². The monoisotopic (exact) mass is 488 g/mol. The second kappa shape index (κ2) is 8.73. The molecule has 0 spiro atoms. The molecule has 3 aromatic rings. The van der Waals surface area contributed by atoms with Gasteiger partial charge in [-0.15, -0.1) is 11.3 Å². The van der Waals surface area contributed by atoms with Crippen LogP contribution in [0, 0.1) is 0 Å². The molecule has 30 heavy (non-hydrogen) atoms. The lowest BCUT2D eigenvalue weighted by Crippen LogP contribution is -2.20. The number of hydrogen-bond donors (Lipinski definition) is 1. The molecule has 0 fully saturated rings. The Balaban J connectivity index is 1.62. The molecular formula is C22H21BrN2O4S. The topological polar surface area (TPSA) is 77.4 Å². The number of carbonyl (C=O) groups excluding carboxylic acids is 3. The van der Waals surface area contributed by atoms with E-state index in [1.54, 1.807) is 17.7 Å². The number of benzene rings is 1. The number of ether oxygens (including phenoxy) is 1. The molecule has 4 rings (SSSR count). The Morgan fingerprint density at radius 1 is 1.30 bits per heavy atom. The van der Waals surface area contributed by atoms with Crippen molar-refractivity contribution in [2.45, 2.75) is 39.2 Å². The van der Waals surface area contributed by atoms with Gasteiger partial charge in [0.1, 0.15) is 11.5 Å². The van der Waals surface area contributed by atoms with Gasteiger partial charge in [-0.25, -0.2) is 4.79 Å². The van der Waals surface area contributed by atoms with Crippen LogP contribution >= 0.6 is 27.3 Å². The summed E-state index contributed by atoms with van der Waals surface area (Å²) in [6.07, 6.45) is 6.33. The molecule has 6 nitrogen and oxygen atoms in total. The summed E-state index contributed by atoms with van der Waals surface area (Å²) >= 11 is 4.88. The maximum Gasteiger partial charge on any atom is 0.341 e. The van der Waals surface area contributed by atoms with Crippen molar-refractivity contribution in [3.8, 4) is 0 Å². The van der Waals surface area contributed by atoms with E-state index in [9.17, 15) is 14.4 Å². The third kappa shape index (κ3) is 3.94. The van der Waals surface area contributed by atoms with Crippen molar-refractivity contribution in [1.82, 2.24) is 4.57 Å². The molecule has 2 heterocycles. The Labute approximate surface area is 186 Å². The summed E-state index contributed by atoms with van der Waals surface area (Å²) in [6, 6.07) is 5.60. The van der Waals surface area contributed by atoms with Crippen LogP contribution in [0.5, 0.6) is 0 Å². The highest BCUT2D eigenvalue weighted by Gasteiger charge is 2.27. The molecule has 0 aliphatic heterocycles. The molecule has 0 radical (unpaired) electrons. The number of thiophene rings is 1. The number of amides is 1. The summed E-state index contributed by atoms with van der Waals surface area (Å²) in [5, 5.41) is 4.26. The zero-order valence-corrected chi connectivity index (χ0v) is 18.9. The molecule has 2 aromatic heterocycles. The largest absolute Gasteiger partial charge is 0.462 e. The predicted octanol–water partition coefficient (Wildman–Crippen LogP) is 4.97. The number of hydrogen-bond acceptors (Lipinski definition) is 5. The lowest BCUT2D eigenvalue weighted by atomic mass is 9.95. The number of carbonyl (C=O) groups is 3. The van der Waals surface area contributed by atoms with E-state index >= 15 is 0 Å². The molecule has 8 heteroatoms. The van der Waals surface area contributed by atoms with E-state index in [1.165, 1.54) is 11.3 Å². The zero-order chi connectivity index (χ0) is 21.3. The normalized spacial score (nSPS) is 13.1. The maximum absolute atomic E-state index is 12.9. The van der Waals surface area contributed by atoms with Gasteiger partial charge in [0.05, 0.1) is 12.2 Å². The second-order valence-corrected chi connectivity index (χ2v) is 9.20. The predicted molar refractivity (Wildman–Crippen MR) is 121 cm³/mol. The van der Waals surface area contributed by atoms with Crippen molar-refractivity contribution in [2.75, 3.05) is 11.9 Å². The minimum Gasteiger partial charge on any atom is -0.462 e. The van der Waals surface area contributed by atoms with Gasteiger partial charge in [-0.05, 0) is 56.4 Å². The molecule has 0 unspecified atom stereocenters. The minimum absolute atomic E-state index is 0.0385. The molecule has 1 aromatic carbocycles. The van der Waals surface area contributed by atoms with Crippen LogP contribution < -0.4 is 5.32 Å². The third-order valence-corrected chi connectivity index (χ3v) is 6.92. The summed E-state index contributed by atoms with van der Waals surface area (Å²) in [4.78, 5) is 38.0. The number of aromatic nitrogens is 1. The fourth-order valence-corrected chi connectivity index (χ4v) is 5.57. The van der Waals surface area contributed by atoms with E-state index in [2.05, 4.69) is 21.2 Å². The fourth-order valence-electron chi connectivity index (χ4n) is 3.92. The number of fused-ring (bicyclic) bond motifs is 2. The van der Waals surface area contributed by atoms with E-state index in [0.29, 0.717) is 16.1 Å². The molecule has 0 bridgehead atoms. The van der Waals surface area contributed by atoms with Crippen LogP contribution in [0.25, 0.3) is 10.9 Å². The highest BCUT2D eigenvalue weighted by Crippen LogP contribution is 2.38. The maximum atomic E-state index is 12.9. The van der Waals surface area contributed by atoms with Crippen LogP contribution in [0.4, 0.5) is 5.00 Å². The first kappa shape index (κ1) is 20.8. The van der Waals surface area contributed by atoms with Crippen LogP contribution in [-0.2, 0) is 28.9 Å². The lowest BCUT2D eigenvalue weighted by molar-refractivity contribution is -0.116. The smallest absolute Gasteiger partial charge is 0.341 e. The Hall–Kier alpha value is -2.45. The second-order valence-electron chi connectivity index (χ2n) is 7.18. The van der Waals surface area contributed by atoms with Crippen molar-refractivity contribution < 1.29 is 19.1 Å². The summed E-state index contributed by atoms with van der Waals surface area (Å²) < 4.78 is 7.86. The van der Waals surface area contributed by atoms with Gasteiger partial charge in [0.15, 0.2) is 6.29 Å². The highest BCUT2D eigenvalue weighted by molar-refractivity contribution is 9.10. The highest BCUT2D eigenvalue weighted by atomic mass is 79.9. The Kier molecular flexibility index (Phi) is 6.06. The average Bonchev–Trinajstić information content (AvgIpc) is 3.25. The number of esters is 1. The molecule has 1 aliphatic carbocycles. The molecule has 0 atom stereocenters. The van der Waals surface area contributed by atoms with Crippen molar-refractivity contribution in [1.29, 1.82) is 0 Å². The third-order valence-electron chi connectivity index (χ3n) is 5.22. The summed E-state index contributed by atoms with van der Waals surface area (Å²) in [5.74, 6) is -0.636. The number of aryl methyl sites for hydroxylation is 1. The van der Waals surface area contributed by atoms with E-state index in [0.717, 1.165) is 57.8 Å². The van der Waals surface area contributed by atoms with Crippen LogP contribution in [0.2, 0.25) is 0 Å². The van der Waals surface area contributed by atoms with Crippen molar-refractivity contribution in [3.63, 3.8) is 0 Å². The van der Waals surface area contributed by atoms with E-state index in [1.807, 2.05) is 18.2 Å². The van der Waals surface area contributed by atoms with Crippen LogP contribution in [0.15, 0.2) is 28.9 Å². The van der Waals surface area contributed by atoms with Gasteiger partial charge < -0.3 is 14.6 Å². The van der Waals surface area contributed by atoms with Gasteiger partial charge in [-0.2, -0.15) is 0 Å². The molecule has 1 N–H and O–H groups in total. The van der Waals surface area contributed by atoms with Crippen molar-refractivity contribution in [2.24, 2.45) is 0 Å². The molecule has 1 aliphatic rings. The number of halogens is 1. The quantitative estimate of drug-likeness (QED) is 0.392. The fraction of sp³-hybridized carbons (Fsp3) is 0.318. The van der Waals surface area contributed by atoms with E-state index in [4.69, 9.17) is 4.74 Å². The van der Waals surface area contributed by atoms with Gasteiger partial charge in [0.25, 0.3) is 0 Å².